The summed E-state index contributed by atoms with van der Waals surface area (Å²) in [5, 5.41) is 0. The molecule has 0 N–H and O–H groups in total. The molecule has 0 amide bonds. The Balaban J connectivity index is 2.43. The smallest absolute Gasteiger partial charge is 0.317 e. The highest BCUT2D eigenvalue weighted by Crippen LogP contribution is 2.12. The highest BCUT2D eigenvalue weighted by atomic mass is 127. The molecule has 16 heavy (non-hydrogen) atoms. The third-order valence-corrected chi connectivity index (χ3v) is 2.92. The Labute approximate surface area is 107 Å². The molecule has 0 saturated heterocycles. The van der Waals surface area contributed by atoms with Gasteiger partial charge in [-0.2, -0.15) is 0 Å². The van der Waals surface area contributed by atoms with Gasteiger partial charge >= 0.3 is 11.9 Å². The fraction of sp³-hybridized carbons (Fsp3) is 0.273. The first kappa shape index (κ1) is 13.0. The Morgan fingerprint density at radius 1 is 1.25 bits per heavy atom. The van der Waals surface area contributed by atoms with Crippen LogP contribution in [0.3, 0.4) is 0 Å². The van der Waals surface area contributed by atoms with Gasteiger partial charge in [0.1, 0.15) is 13.0 Å². The van der Waals surface area contributed by atoms with Crippen molar-refractivity contribution in [3.8, 4) is 0 Å². The zero-order valence-corrected chi connectivity index (χ0v) is 10.9. The molecule has 0 fully saturated rings. The molecule has 0 aliphatic rings. The average Bonchev–Trinajstić information content (AvgIpc) is 2.28. The summed E-state index contributed by atoms with van der Waals surface area (Å²) in [7, 11) is 1.23. The second kappa shape index (κ2) is 6.47. The summed E-state index contributed by atoms with van der Waals surface area (Å²) in [5.41, 5.74) is 0.918. The molecule has 0 unspecified atom stereocenters. The molecular weight excluding hydrogens is 323 g/mol. The van der Waals surface area contributed by atoms with E-state index in [2.05, 4.69) is 27.3 Å². The third-order valence-electron chi connectivity index (χ3n) is 1.86. The van der Waals surface area contributed by atoms with Crippen molar-refractivity contribution in [3.05, 3.63) is 33.4 Å². The lowest BCUT2D eigenvalue weighted by Crippen LogP contribution is -2.12. The van der Waals surface area contributed by atoms with Crippen LogP contribution in [-0.4, -0.2) is 19.0 Å². The van der Waals surface area contributed by atoms with Crippen molar-refractivity contribution in [3.63, 3.8) is 0 Å². The molecule has 0 aromatic heterocycles. The maximum absolute atomic E-state index is 11.2. The van der Waals surface area contributed by atoms with Gasteiger partial charge in [0.25, 0.3) is 0 Å². The highest BCUT2D eigenvalue weighted by molar-refractivity contribution is 14.1. The van der Waals surface area contributed by atoms with Crippen LogP contribution in [0.15, 0.2) is 24.3 Å². The van der Waals surface area contributed by atoms with Gasteiger partial charge in [0.05, 0.1) is 7.11 Å². The molecule has 0 radical (unpaired) electrons. The van der Waals surface area contributed by atoms with E-state index in [4.69, 9.17) is 4.74 Å². The summed E-state index contributed by atoms with van der Waals surface area (Å²) >= 11 is 2.16. The van der Waals surface area contributed by atoms with Gasteiger partial charge in [0.15, 0.2) is 0 Å². The van der Waals surface area contributed by atoms with Gasteiger partial charge in [-0.25, -0.2) is 0 Å². The van der Waals surface area contributed by atoms with Crippen LogP contribution in [0, 0.1) is 3.57 Å². The molecule has 0 saturated carbocycles. The lowest BCUT2D eigenvalue weighted by molar-refractivity contribution is -0.153. The molecule has 1 aromatic rings. The van der Waals surface area contributed by atoms with E-state index in [1.54, 1.807) is 0 Å². The summed E-state index contributed by atoms with van der Waals surface area (Å²) in [6, 6.07) is 7.56. The number of hydrogen-bond donors (Lipinski definition) is 0. The summed E-state index contributed by atoms with van der Waals surface area (Å²) in [6.45, 7) is 0.176. The minimum atomic E-state index is -0.590. The number of hydrogen-bond acceptors (Lipinski definition) is 4. The number of halogens is 1. The van der Waals surface area contributed by atoms with E-state index in [0.29, 0.717) is 0 Å². The molecule has 0 aliphatic carbocycles. The van der Waals surface area contributed by atoms with Crippen LogP contribution in [0.1, 0.15) is 12.0 Å². The zero-order chi connectivity index (χ0) is 12.0. The first-order valence-corrected chi connectivity index (χ1v) is 5.67. The van der Waals surface area contributed by atoms with Crippen LogP contribution in [0.4, 0.5) is 0 Å². The van der Waals surface area contributed by atoms with Crippen molar-refractivity contribution in [2.75, 3.05) is 7.11 Å². The molecule has 0 aliphatic heterocycles. The SMILES string of the molecule is COC(=O)CC(=O)OCc1ccccc1I. The van der Waals surface area contributed by atoms with Crippen molar-refractivity contribution in [1.29, 1.82) is 0 Å². The lowest BCUT2D eigenvalue weighted by atomic mass is 10.2. The number of methoxy groups -OCH3 is 1. The molecule has 1 aromatic carbocycles. The number of esters is 2. The van der Waals surface area contributed by atoms with Crippen molar-refractivity contribution in [2.45, 2.75) is 13.0 Å². The molecule has 0 heterocycles. The Bertz CT molecular complexity index is 389. The minimum absolute atomic E-state index is 0.176. The van der Waals surface area contributed by atoms with E-state index in [1.165, 1.54) is 7.11 Å². The Morgan fingerprint density at radius 2 is 1.94 bits per heavy atom. The summed E-state index contributed by atoms with van der Waals surface area (Å²) < 4.78 is 10.3. The van der Waals surface area contributed by atoms with Gasteiger partial charge < -0.3 is 9.47 Å². The molecule has 1 rings (SSSR count). The third kappa shape index (κ3) is 4.18. The molecule has 5 heteroatoms. The monoisotopic (exact) mass is 334 g/mol. The zero-order valence-electron chi connectivity index (χ0n) is 8.73. The number of carbonyl (C=O) groups is 2. The Kier molecular flexibility index (Phi) is 5.24. The average molecular weight is 334 g/mol. The van der Waals surface area contributed by atoms with Gasteiger partial charge in [-0.15, -0.1) is 0 Å². The standard InChI is InChI=1S/C11H11IO4/c1-15-10(13)6-11(14)16-7-8-4-2-3-5-9(8)12/h2-5H,6-7H2,1H3. The van der Waals surface area contributed by atoms with E-state index in [0.717, 1.165) is 9.13 Å². The van der Waals surface area contributed by atoms with E-state index < -0.39 is 11.9 Å². The van der Waals surface area contributed by atoms with E-state index >= 15 is 0 Å². The first-order chi connectivity index (χ1) is 7.63. The van der Waals surface area contributed by atoms with E-state index in [1.807, 2.05) is 24.3 Å². The normalized spacial score (nSPS) is 9.62. The Hall–Kier alpha value is -1.11. The fourth-order valence-electron chi connectivity index (χ4n) is 1.01. The van der Waals surface area contributed by atoms with Crippen molar-refractivity contribution in [1.82, 2.24) is 0 Å². The summed E-state index contributed by atoms with van der Waals surface area (Å²) in [4.78, 5) is 21.9. The largest absolute Gasteiger partial charge is 0.469 e. The number of carbonyl (C=O) groups excluding carboxylic acids is 2. The Morgan fingerprint density at radius 3 is 2.56 bits per heavy atom. The quantitative estimate of drug-likeness (QED) is 0.479. The molecule has 0 bridgehead atoms. The maximum atomic E-state index is 11.2. The second-order valence-corrected chi connectivity index (χ2v) is 4.17. The molecule has 4 nitrogen and oxygen atoms in total. The first-order valence-electron chi connectivity index (χ1n) is 4.59. The van der Waals surface area contributed by atoms with Gasteiger partial charge in [-0.05, 0) is 28.7 Å². The highest BCUT2D eigenvalue weighted by Gasteiger charge is 2.11. The van der Waals surface area contributed by atoms with Crippen LogP contribution in [-0.2, 0) is 25.7 Å². The van der Waals surface area contributed by atoms with Gasteiger partial charge in [0, 0.05) is 9.13 Å². The predicted octanol–water partition coefficient (Wildman–Crippen LogP) is 1.90. The van der Waals surface area contributed by atoms with Crippen molar-refractivity contribution < 1.29 is 19.1 Å². The van der Waals surface area contributed by atoms with Gasteiger partial charge in [0.2, 0.25) is 0 Å². The van der Waals surface area contributed by atoms with Crippen LogP contribution in [0.2, 0.25) is 0 Å². The number of ether oxygens (including phenoxy) is 2. The van der Waals surface area contributed by atoms with E-state index in [9.17, 15) is 9.59 Å². The minimum Gasteiger partial charge on any atom is -0.469 e. The fourth-order valence-corrected chi connectivity index (χ4v) is 1.56. The summed E-state index contributed by atoms with van der Waals surface area (Å²) in [5.74, 6) is -1.17. The molecule has 0 atom stereocenters. The van der Waals surface area contributed by atoms with Gasteiger partial charge in [-0.1, -0.05) is 18.2 Å². The topological polar surface area (TPSA) is 52.6 Å². The molecule has 0 spiro atoms. The number of benzene rings is 1. The van der Waals surface area contributed by atoms with Crippen LogP contribution in [0.25, 0.3) is 0 Å². The number of rotatable bonds is 4. The maximum Gasteiger partial charge on any atom is 0.317 e. The lowest BCUT2D eigenvalue weighted by Gasteiger charge is -2.05. The van der Waals surface area contributed by atoms with Crippen molar-refractivity contribution >= 4 is 34.5 Å². The van der Waals surface area contributed by atoms with Crippen LogP contribution >= 0.6 is 22.6 Å². The van der Waals surface area contributed by atoms with E-state index in [-0.39, 0.29) is 13.0 Å². The molecule has 86 valence electrons. The van der Waals surface area contributed by atoms with Gasteiger partial charge in [-0.3, -0.25) is 9.59 Å². The van der Waals surface area contributed by atoms with Crippen molar-refractivity contribution in [2.24, 2.45) is 0 Å². The van der Waals surface area contributed by atoms with Crippen LogP contribution in [0.5, 0.6) is 0 Å². The second-order valence-electron chi connectivity index (χ2n) is 3.01. The predicted molar refractivity (Wildman–Crippen MR) is 65.6 cm³/mol. The molecular formula is C11H11IO4. The van der Waals surface area contributed by atoms with Crippen LogP contribution < -0.4 is 0 Å². The summed E-state index contributed by atoms with van der Waals surface area (Å²) in [6.07, 6.45) is -0.347.